The van der Waals surface area contributed by atoms with Gasteiger partial charge in [0.15, 0.2) is 5.54 Å². The number of benzene rings is 2. The number of carbonyl (C=O) groups is 2. The Morgan fingerprint density at radius 3 is 2.26 bits per heavy atom. The van der Waals surface area contributed by atoms with Gasteiger partial charge in [-0.25, -0.2) is 8.42 Å². The zero-order chi connectivity index (χ0) is 25.1. The van der Waals surface area contributed by atoms with Crippen LogP contribution in [0, 0.1) is 0 Å². The van der Waals surface area contributed by atoms with Gasteiger partial charge in [-0.05, 0) is 48.7 Å². The van der Waals surface area contributed by atoms with Gasteiger partial charge in [0.1, 0.15) is 0 Å². The van der Waals surface area contributed by atoms with Crippen molar-refractivity contribution in [2.75, 3.05) is 18.0 Å². The molecule has 0 aromatic heterocycles. The largest absolute Gasteiger partial charge is 0.351 e. The smallest absolute Gasteiger partial charge is 0.251 e. The van der Waals surface area contributed by atoms with Crippen molar-refractivity contribution in [1.82, 2.24) is 9.62 Å². The molecule has 0 bridgehead atoms. The second-order valence-corrected chi connectivity index (χ2v) is 11.1. The van der Waals surface area contributed by atoms with Crippen molar-refractivity contribution >= 4 is 33.6 Å². The molecular formula is C27H33N3O4S. The van der Waals surface area contributed by atoms with E-state index in [1.165, 1.54) is 21.3 Å². The van der Waals surface area contributed by atoms with Crippen LogP contribution in [0.25, 0.3) is 6.08 Å². The Bertz CT molecular complexity index is 1180. The normalized spacial score (nSPS) is 21.0. The molecule has 7 nitrogen and oxygen atoms in total. The molecule has 0 unspecified atom stereocenters. The molecule has 4 rings (SSSR count). The van der Waals surface area contributed by atoms with Gasteiger partial charge in [-0.15, -0.1) is 0 Å². The van der Waals surface area contributed by atoms with Crippen LogP contribution in [-0.4, -0.2) is 49.2 Å². The van der Waals surface area contributed by atoms with Gasteiger partial charge in [-0.3, -0.25) is 14.5 Å². The van der Waals surface area contributed by atoms with Crippen LogP contribution in [0.1, 0.15) is 51.5 Å². The Morgan fingerprint density at radius 1 is 1.06 bits per heavy atom. The quantitative estimate of drug-likeness (QED) is 0.534. The third-order valence-electron chi connectivity index (χ3n) is 6.94. The Balaban J connectivity index is 1.67. The van der Waals surface area contributed by atoms with E-state index in [0.717, 1.165) is 31.2 Å². The van der Waals surface area contributed by atoms with Crippen LogP contribution in [0.5, 0.6) is 0 Å². The van der Waals surface area contributed by atoms with Crippen LogP contribution < -0.4 is 10.2 Å². The van der Waals surface area contributed by atoms with E-state index in [1.54, 1.807) is 32.1 Å². The van der Waals surface area contributed by atoms with Crippen molar-refractivity contribution in [3.63, 3.8) is 0 Å². The average molecular weight is 496 g/mol. The molecule has 2 aliphatic rings. The predicted molar refractivity (Wildman–Crippen MR) is 137 cm³/mol. The highest BCUT2D eigenvalue weighted by molar-refractivity contribution is 7.89. The van der Waals surface area contributed by atoms with Crippen LogP contribution in [-0.2, 0) is 19.6 Å². The highest BCUT2D eigenvalue weighted by Crippen LogP contribution is 2.40. The maximum atomic E-state index is 13.6. The molecule has 2 fully saturated rings. The number of nitrogens with zero attached hydrogens (tertiary/aromatic N) is 2. The molecule has 1 heterocycles. The number of β-lactam (4-membered cyclic amide) rings is 1. The van der Waals surface area contributed by atoms with Gasteiger partial charge in [0.05, 0.1) is 11.3 Å². The van der Waals surface area contributed by atoms with Crippen molar-refractivity contribution in [3.05, 3.63) is 66.2 Å². The highest BCUT2D eigenvalue weighted by Gasteiger charge is 2.56. The van der Waals surface area contributed by atoms with Crippen molar-refractivity contribution in [3.8, 4) is 0 Å². The molecule has 1 saturated carbocycles. The van der Waals surface area contributed by atoms with E-state index in [9.17, 15) is 18.0 Å². The summed E-state index contributed by atoms with van der Waals surface area (Å²) in [5.74, 6) is -0.375. The van der Waals surface area contributed by atoms with E-state index in [-0.39, 0.29) is 29.2 Å². The fourth-order valence-corrected chi connectivity index (χ4v) is 6.40. The number of rotatable bonds is 9. The number of anilines is 1. The number of nitrogens with one attached hydrogen (secondary N) is 1. The van der Waals surface area contributed by atoms with E-state index in [1.807, 2.05) is 36.4 Å². The minimum atomic E-state index is -3.62. The molecule has 1 saturated heterocycles. The van der Waals surface area contributed by atoms with E-state index in [2.05, 4.69) is 5.32 Å². The minimum Gasteiger partial charge on any atom is -0.351 e. The number of carbonyl (C=O) groups excluding carboxylic acids is 2. The van der Waals surface area contributed by atoms with Gasteiger partial charge in [0.2, 0.25) is 15.9 Å². The SMILES string of the molecule is CCN(CC)S(=O)(=O)c1ccc(N2C(=O)C[C@@]2(/C=C/c2ccccc2)C(=O)NC2CCCC2)cc1. The molecule has 2 aromatic rings. The lowest BCUT2D eigenvalue weighted by Gasteiger charge is -2.49. The number of hydrogen-bond donors (Lipinski definition) is 1. The Morgan fingerprint density at radius 2 is 1.69 bits per heavy atom. The molecule has 35 heavy (non-hydrogen) atoms. The fourth-order valence-electron chi connectivity index (χ4n) is 4.94. The zero-order valence-corrected chi connectivity index (χ0v) is 21.1. The summed E-state index contributed by atoms with van der Waals surface area (Å²) in [6.45, 7) is 4.34. The lowest BCUT2D eigenvalue weighted by atomic mass is 9.80. The first-order chi connectivity index (χ1) is 16.8. The van der Waals surface area contributed by atoms with E-state index in [0.29, 0.717) is 18.8 Å². The van der Waals surface area contributed by atoms with Gasteiger partial charge in [0.25, 0.3) is 5.91 Å². The van der Waals surface area contributed by atoms with Crippen LogP contribution >= 0.6 is 0 Å². The van der Waals surface area contributed by atoms with Gasteiger partial charge in [-0.2, -0.15) is 4.31 Å². The summed E-state index contributed by atoms with van der Waals surface area (Å²) in [7, 11) is -3.62. The molecule has 1 atom stereocenters. The lowest BCUT2D eigenvalue weighted by Crippen LogP contribution is -2.70. The summed E-state index contributed by atoms with van der Waals surface area (Å²) in [6, 6.07) is 16.0. The van der Waals surface area contributed by atoms with Crippen molar-refractivity contribution < 1.29 is 18.0 Å². The average Bonchev–Trinajstić information content (AvgIpc) is 3.36. The van der Waals surface area contributed by atoms with E-state index >= 15 is 0 Å². The fraction of sp³-hybridized carbons (Fsp3) is 0.407. The summed E-state index contributed by atoms with van der Waals surface area (Å²) in [5.41, 5.74) is 0.272. The second kappa shape index (κ2) is 10.3. The summed E-state index contributed by atoms with van der Waals surface area (Å²) in [6.07, 6.45) is 7.79. The second-order valence-electron chi connectivity index (χ2n) is 9.11. The molecule has 0 spiro atoms. The third-order valence-corrected chi connectivity index (χ3v) is 9.01. The third kappa shape index (κ3) is 4.90. The van der Waals surface area contributed by atoms with Crippen LogP contribution in [0.4, 0.5) is 5.69 Å². The van der Waals surface area contributed by atoms with Crippen molar-refractivity contribution in [1.29, 1.82) is 0 Å². The first-order valence-corrected chi connectivity index (χ1v) is 13.7. The predicted octanol–water partition coefficient (Wildman–Crippen LogP) is 3.96. The Labute approximate surface area is 207 Å². The van der Waals surface area contributed by atoms with Gasteiger partial charge >= 0.3 is 0 Å². The van der Waals surface area contributed by atoms with Crippen LogP contribution in [0.15, 0.2) is 65.6 Å². The van der Waals surface area contributed by atoms with Gasteiger partial charge in [0, 0.05) is 24.8 Å². The van der Waals surface area contributed by atoms with E-state index in [4.69, 9.17) is 0 Å². The van der Waals surface area contributed by atoms with Crippen LogP contribution in [0.3, 0.4) is 0 Å². The van der Waals surface area contributed by atoms with E-state index < -0.39 is 15.6 Å². The summed E-state index contributed by atoms with van der Waals surface area (Å²) in [4.78, 5) is 28.1. The monoisotopic (exact) mass is 495 g/mol. The molecule has 1 aliphatic heterocycles. The first-order valence-electron chi connectivity index (χ1n) is 12.3. The molecule has 186 valence electrons. The maximum absolute atomic E-state index is 13.6. The topological polar surface area (TPSA) is 86.8 Å². The molecule has 2 aromatic carbocycles. The molecule has 8 heteroatoms. The van der Waals surface area contributed by atoms with Crippen LogP contribution in [0.2, 0.25) is 0 Å². The highest BCUT2D eigenvalue weighted by atomic mass is 32.2. The molecule has 2 amide bonds. The number of hydrogen-bond acceptors (Lipinski definition) is 4. The van der Waals surface area contributed by atoms with Crippen molar-refractivity contribution in [2.24, 2.45) is 0 Å². The standard InChI is InChI=1S/C27H33N3O4S/c1-3-29(4-2)35(33,34)24-16-14-23(15-17-24)30-25(31)20-27(30,19-18-21-10-6-5-7-11-21)26(32)28-22-12-8-9-13-22/h5-7,10-11,14-19,22H,3-4,8-9,12-13,20H2,1-2H3,(H,28,32)/b19-18+/t27-/m0/s1. The number of sulfonamides is 1. The zero-order valence-electron chi connectivity index (χ0n) is 20.3. The Kier molecular flexibility index (Phi) is 7.42. The molecule has 1 aliphatic carbocycles. The summed E-state index contributed by atoms with van der Waals surface area (Å²) >= 11 is 0. The lowest BCUT2D eigenvalue weighted by molar-refractivity contribution is -0.137. The molecular weight excluding hydrogens is 462 g/mol. The van der Waals surface area contributed by atoms with Gasteiger partial charge < -0.3 is 5.32 Å². The molecule has 1 N–H and O–H groups in total. The Hall–Kier alpha value is -2.97. The summed E-state index contributed by atoms with van der Waals surface area (Å²) < 4.78 is 27.2. The maximum Gasteiger partial charge on any atom is 0.251 e. The first kappa shape index (κ1) is 25.1. The number of amides is 2. The minimum absolute atomic E-state index is 0.0639. The summed E-state index contributed by atoms with van der Waals surface area (Å²) in [5, 5.41) is 3.16. The molecule has 0 radical (unpaired) electrons. The van der Waals surface area contributed by atoms with Gasteiger partial charge in [-0.1, -0.05) is 63.1 Å². The van der Waals surface area contributed by atoms with Crippen molar-refractivity contribution in [2.45, 2.75) is 62.4 Å².